The van der Waals surface area contributed by atoms with Crippen molar-refractivity contribution in [2.45, 2.75) is 50.3 Å². The van der Waals surface area contributed by atoms with Crippen molar-refractivity contribution in [3.63, 3.8) is 0 Å². The molecule has 0 unspecified atom stereocenters. The van der Waals surface area contributed by atoms with E-state index in [1.165, 1.54) is 19.3 Å². The molecule has 1 N–H and O–H groups in total. The molecule has 1 saturated carbocycles. The lowest BCUT2D eigenvalue weighted by Crippen LogP contribution is -2.46. The zero-order valence-corrected chi connectivity index (χ0v) is 15.8. The molecule has 2 saturated heterocycles. The number of rotatable bonds is 4. The Morgan fingerprint density at radius 3 is 2.63 bits per heavy atom. The van der Waals surface area contributed by atoms with E-state index in [2.05, 4.69) is 16.3 Å². The van der Waals surface area contributed by atoms with Crippen LogP contribution in [0.25, 0.3) is 0 Å². The van der Waals surface area contributed by atoms with Gasteiger partial charge in [-0.15, -0.1) is 0 Å². The second kappa shape index (κ2) is 8.28. The number of nitrogens with zero attached hydrogens (tertiary/aromatic N) is 3. The Labute approximate surface area is 161 Å². The first kappa shape index (κ1) is 18.3. The molecular formula is C21H28N4O2. The number of nitriles is 1. The Kier molecular flexibility index (Phi) is 5.61. The van der Waals surface area contributed by atoms with E-state index in [1.807, 2.05) is 17.0 Å². The molecule has 3 aliphatic rings. The van der Waals surface area contributed by atoms with E-state index in [4.69, 9.17) is 10.00 Å². The topological polar surface area (TPSA) is 68.6 Å². The molecule has 1 aromatic rings. The lowest BCUT2D eigenvalue weighted by Gasteiger charge is -2.36. The smallest absolute Gasteiger partial charge is 0.239 e. The van der Waals surface area contributed by atoms with E-state index in [1.54, 1.807) is 12.1 Å². The summed E-state index contributed by atoms with van der Waals surface area (Å²) in [6, 6.07) is 9.86. The highest BCUT2D eigenvalue weighted by molar-refractivity contribution is 5.82. The molecule has 0 radical (unpaired) electrons. The predicted molar refractivity (Wildman–Crippen MR) is 102 cm³/mol. The molecule has 4 rings (SSSR count). The first-order valence-corrected chi connectivity index (χ1v) is 10.2. The Morgan fingerprint density at radius 2 is 1.93 bits per heavy atom. The quantitative estimate of drug-likeness (QED) is 0.877. The molecule has 0 bridgehead atoms. The van der Waals surface area contributed by atoms with Crippen molar-refractivity contribution in [1.29, 1.82) is 5.26 Å². The maximum atomic E-state index is 12.9. The minimum absolute atomic E-state index is 0.00895. The van der Waals surface area contributed by atoms with Gasteiger partial charge in [-0.3, -0.25) is 9.69 Å². The number of amides is 1. The summed E-state index contributed by atoms with van der Waals surface area (Å²) in [4.78, 5) is 17.6. The number of carbonyl (C=O) groups is 1. The van der Waals surface area contributed by atoms with Crippen LogP contribution < -0.4 is 10.1 Å². The SMILES string of the molecule is N#Cc1ccc(O[C@H]2CN[C@@H](C(=O)N3CCCN(C4CCC4)CC3)C2)cc1. The second-order valence-electron chi connectivity index (χ2n) is 7.87. The van der Waals surface area contributed by atoms with Gasteiger partial charge in [0.1, 0.15) is 11.9 Å². The van der Waals surface area contributed by atoms with Crippen LogP contribution in [-0.2, 0) is 4.79 Å². The van der Waals surface area contributed by atoms with Gasteiger partial charge in [0.05, 0.1) is 17.7 Å². The van der Waals surface area contributed by atoms with Crippen LogP contribution in [0, 0.1) is 11.3 Å². The molecule has 2 aliphatic heterocycles. The molecule has 1 aliphatic carbocycles. The Balaban J connectivity index is 1.27. The van der Waals surface area contributed by atoms with Gasteiger partial charge in [0.15, 0.2) is 0 Å². The molecule has 2 atom stereocenters. The van der Waals surface area contributed by atoms with Crippen LogP contribution in [0.15, 0.2) is 24.3 Å². The summed E-state index contributed by atoms with van der Waals surface area (Å²) in [6.45, 7) is 4.51. The van der Waals surface area contributed by atoms with Crippen LogP contribution in [-0.4, -0.2) is 66.6 Å². The van der Waals surface area contributed by atoms with Gasteiger partial charge < -0.3 is 15.0 Å². The molecule has 2 heterocycles. The van der Waals surface area contributed by atoms with E-state index in [0.29, 0.717) is 18.5 Å². The summed E-state index contributed by atoms with van der Waals surface area (Å²) in [5, 5.41) is 12.2. The molecule has 1 amide bonds. The van der Waals surface area contributed by atoms with E-state index in [9.17, 15) is 4.79 Å². The fourth-order valence-corrected chi connectivity index (χ4v) is 4.28. The summed E-state index contributed by atoms with van der Waals surface area (Å²) < 4.78 is 5.99. The van der Waals surface area contributed by atoms with Crippen molar-refractivity contribution in [3.05, 3.63) is 29.8 Å². The molecule has 3 fully saturated rings. The average molecular weight is 368 g/mol. The summed E-state index contributed by atoms with van der Waals surface area (Å²) >= 11 is 0. The van der Waals surface area contributed by atoms with Crippen LogP contribution in [0.3, 0.4) is 0 Å². The van der Waals surface area contributed by atoms with Crippen molar-refractivity contribution < 1.29 is 9.53 Å². The molecule has 0 aromatic heterocycles. The van der Waals surface area contributed by atoms with Gasteiger partial charge in [-0.05, 0) is 43.5 Å². The number of carbonyl (C=O) groups excluding carboxylic acids is 1. The molecule has 6 nitrogen and oxygen atoms in total. The lowest BCUT2D eigenvalue weighted by atomic mass is 9.91. The minimum atomic E-state index is -0.149. The standard InChI is InChI=1S/C21H28N4O2/c22-14-16-5-7-18(8-6-16)27-19-13-20(23-15-19)21(26)25-10-2-9-24(11-12-25)17-3-1-4-17/h5-8,17,19-20,23H,1-4,9-13,15H2/t19-,20-/m1/s1. The number of ether oxygens (including phenoxy) is 1. The monoisotopic (exact) mass is 368 g/mol. The predicted octanol–water partition coefficient (Wildman–Crippen LogP) is 1.75. The maximum Gasteiger partial charge on any atom is 0.239 e. The second-order valence-corrected chi connectivity index (χ2v) is 7.87. The fourth-order valence-electron chi connectivity index (χ4n) is 4.28. The Morgan fingerprint density at radius 1 is 1.11 bits per heavy atom. The zero-order chi connectivity index (χ0) is 18.6. The summed E-state index contributed by atoms with van der Waals surface area (Å²) in [5.74, 6) is 0.969. The first-order chi connectivity index (χ1) is 13.2. The highest BCUT2D eigenvalue weighted by Crippen LogP contribution is 2.26. The van der Waals surface area contributed by atoms with Gasteiger partial charge in [-0.1, -0.05) is 6.42 Å². The highest BCUT2D eigenvalue weighted by Gasteiger charge is 2.35. The van der Waals surface area contributed by atoms with E-state index in [-0.39, 0.29) is 18.1 Å². The number of benzene rings is 1. The molecular weight excluding hydrogens is 340 g/mol. The molecule has 0 spiro atoms. The van der Waals surface area contributed by atoms with Gasteiger partial charge in [-0.2, -0.15) is 5.26 Å². The third kappa shape index (κ3) is 4.26. The van der Waals surface area contributed by atoms with Crippen molar-refractivity contribution >= 4 is 5.91 Å². The van der Waals surface area contributed by atoms with Gasteiger partial charge in [0.2, 0.25) is 5.91 Å². The number of hydrogen-bond acceptors (Lipinski definition) is 5. The van der Waals surface area contributed by atoms with Crippen LogP contribution in [0.2, 0.25) is 0 Å². The minimum Gasteiger partial charge on any atom is -0.489 e. The molecule has 144 valence electrons. The van der Waals surface area contributed by atoms with Crippen LogP contribution in [0.1, 0.15) is 37.7 Å². The zero-order valence-electron chi connectivity index (χ0n) is 15.8. The average Bonchev–Trinajstić information content (AvgIpc) is 2.98. The van der Waals surface area contributed by atoms with Crippen LogP contribution in [0.4, 0.5) is 0 Å². The van der Waals surface area contributed by atoms with Crippen LogP contribution >= 0.6 is 0 Å². The lowest BCUT2D eigenvalue weighted by molar-refractivity contribution is -0.133. The van der Waals surface area contributed by atoms with Crippen molar-refractivity contribution in [3.8, 4) is 11.8 Å². The molecule has 27 heavy (non-hydrogen) atoms. The van der Waals surface area contributed by atoms with E-state index < -0.39 is 0 Å². The summed E-state index contributed by atoms with van der Waals surface area (Å²) in [5.41, 5.74) is 0.622. The normalized spacial score (nSPS) is 26.9. The van der Waals surface area contributed by atoms with E-state index >= 15 is 0 Å². The fraction of sp³-hybridized carbons (Fsp3) is 0.619. The third-order valence-corrected chi connectivity index (χ3v) is 6.11. The summed E-state index contributed by atoms with van der Waals surface area (Å²) in [7, 11) is 0. The Bertz CT molecular complexity index is 695. The van der Waals surface area contributed by atoms with Crippen molar-refractivity contribution in [2.75, 3.05) is 32.7 Å². The first-order valence-electron chi connectivity index (χ1n) is 10.2. The van der Waals surface area contributed by atoms with Crippen molar-refractivity contribution in [1.82, 2.24) is 15.1 Å². The number of nitrogens with one attached hydrogen (secondary N) is 1. The Hall–Kier alpha value is -2.10. The van der Waals surface area contributed by atoms with Crippen LogP contribution in [0.5, 0.6) is 5.75 Å². The van der Waals surface area contributed by atoms with Gasteiger partial charge in [-0.25, -0.2) is 0 Å². The highest BCUT2D eigenvalue weighted by atomic mass is 16.5. The van der Waals surface area contributed by atoms with E-state index in [0.717, 1.165) is 44.4 Å². The molecule has 6 heteroatoms. The third-order valence-electron chi connectivity index (χ3n) is 6.11. The van der Waals surface area contributed by atoms with Gasteiger partial charge >= 0.3 is 0 Å². The maximum absolute atomic E-state index is 12.9. The van der Waals surface area contributed by atoms with Gasteiger partial charge in [0.25, 0.3) is 0 Å². The summed E-state index contributed by atoms with van der Waals surface area (Å²) in [6.07, 6.45) is 5.77. The number of hydrogen-bond donors (Lipinski definition) is 1. The van der Waals surface area contributed by atoms with Gasteiger partial charge in [0, 0.05) is 45.2 Å². The molecule has 1 aromatic carbocycles. The van der Waals surface area contributed by atoms with Crippen molar-refractivity contribution in [2.24, 2.45) is 0 Å². The largest absolute Gasteiger partial charge is 0.489 e.